The predicted molar refractivity (Wildman–Crippen MR) is 81.8 cm³/mol. The first-order chi connectivity index (χ1) is 9.99. The third-order valence-corrected chi connectivity index (χ3v) is 5.85. The Labute approximate surface area is 128 Å². The molecule has 4 nitrogen and oxygen atoms in total. The number of hydrogen-bond donors (Lipinski definition) is 1. The fraction of sp³-hybridized carbons (Fsp3) is 0.625. The van der Waals surface area contributed by atoms with E-state index in [1.165, 1.54) is 18.3 Å². The van der Waals surface area contributed by atoms with E-state index in [4.69, 9.17) is 0 Å². The van der Waals surface area contributed by atoms with E-state index in [9.17, 15) is 14.7 Å². The molecule has 0 bridgehead atoms. The molecule has 0 radical (unpaired) electrons. The van der Waals surface area contributed by atoms with Crippen molar-refractivity contribution in [3.8, 4) is 0 Å². The van der Waals surface area contributed by atoms with Crippen molar-refractivity contribution in [2.75, 3.05) is 13.1 Å². The van der Waals surface area contributed by atoms with E-state index < -0.39 is 5.60 Å². The fourth-order valence-corrected chi connectivity index (χ4v) is 4.46. The van der Waals surface area contributed by atoms with Crippen LogP contribution in [0.25, 0.3) is 0 Å². The summed E-state index contributed by atoms with van der Waals surface area (Å²) >= 11 is 1.33. The van der Waals surface area contributed by atoms with Gasteiger partial charge in [-0.3, -0.25) is 9.59 Å². The number of thiophene rings is 1. The first-order valence-electron chi connectivity index (χ1n) is 7.61. The standard InChI is InChI=1S/C16H21NO3S/c1-11(18)12-8-14(21-10-12)15(19)17-7-6-16(20)5-3-2-4-13(16)9-17/h8,10,13,20H,2-7,9H2,1H3. The maximum Gasteiger partial charge on any atom is 0.263 e. The highest BCUT2D eigenvalue weighted by Gasteiger charge is 2.43. The topological polar surface area (TPSA) is 57.6 Å². The number of likely N-dealkylation sites (tertiary alicyclic amines) is 1. The molecule has 0 spiro atoms. The number of piperidine rings is 1. The number of carbonyl (C=O) groups is 2. The van der Waals surface area contributed by atoms with Gasteiger partial charge in [-0.2, -0.15) is 0 Å². The van der Waals surface area contributed by atoms with E-state index in [1.807, 2.05) is 4.90 Å². The predicted octanol–water partition coefficient (Wildman–Crippen LogP) is 2.72. The second-order valence-electron chi connectivity index (χ2n) is 6.30. The first kappa shape index (κ1) is 14.7. The monoisotopic (exact) mass is 307 g/mol. The molecule has 2 fully saturated rings. The molecule has 2 atom stereocenters. The van der Waals surface area contributed by atoms with Crippen LogP contribution in [0.5, 0.6) is 0 Å². The number of aliphatic hydroxyl groups is 1. The van der Waals surface area contributed by atoms with Crippen LogP contribution in [0.2, 0.25) is 0 Å². The molecule has 21 heavy (non-hydrogen) atoms. The SMILES string of the molecule is CC(=O)c1csc(C(=O)N2CCC3(O)CCCCC3C2)c1. The molecule has 5 heteroatoms. The molecule has 1 saturated heterocycles. The number of fused-ring (bicyclic) bond motifs is 1. The molecule has 1 aromatic rings. The van der Waals surface area contributed by atoms with Gasteiger partial charge in [-0.1, -0.05) is 12.8 Å². The molecule has 2 aliphatic rings. The van der Waals surface area contributed by atoms with Crippen LogP contribution < -0.4 is 0 Å². The van der Waals surface area contributed by atoms with Gasteiger partial charge in [0.25, 0.3) is 5.91 Å². The lowest BCUT2D eigenvalue weighted by Gasteiger charge is -2.47. The van der Waals surface area contributed by atoms with Gasteiger partial charge in [0, 0.05) is 30.0 Å². The molecule has 1 saturated carbocycles. The van der Waals surface area contributed by atoms with Gasteiger partial charge >= 0.3 is 0 Å². The van der Waals surface area contributed by atoms with Gasteiger partial charge in [0.1, 0.15) is 0 Å². The van der Waals surface area contributed by atoms with Gasteiger partial charge in [-0.25, -0.2) is 0 Å². The molecule has 2 heterocycles. The van der Waals surface area contributed by atoms with Crippen LogP contribution in [-0.2, 0) is 0 Å². The van der Waals surface area contributed by atoms with Crippen molar-refractivity contribution >= 4 is 23.0 Å². The van der Waals surface area contributed by atoms with Crippen LogP contribution in [0.15, 0.2) is 11.4 Å². The lowest BCUT2D eigenvalue weighted by atomic mass is 9.71. The van der Waals surface area contributed by atoms with Crippen molar-refractivity contribution in [1.82, 2.24) is 4.90 Å². The second kappa shape index (κ2) is 5.54. The zero-order chi connectivity index (χ0) is 15.0. The minimum atomic E-state index is -0.560. The lowest BCUT2D eigenvalue weighted by Crippen LogP contribution is -2.54. The molecule has 1 aliphatic carbocycles. The molecule has 1 aliphatic heterocycles. The Morgan fingerprint density at radius 2 is 2.19 bits per heavy atom. The summed E-state index contributed by atoms with van der Waals surface area (Å²) in [5, 5.41) is 12.4. The molecule has 0 aromatic carbocycles. The fourth-order valence-electron chi connectivity index (χ4n) is 3.54. The van der Waals surface area contributed by atoms with Crippen molar-refractivity contribution in [2.45, 2.75) is 44.6 Å². The zero-order valence-corrected chi connectivity index (χ0v) is 13.1. The van der Waals surface area contributed by atoms with Crippen LogP contribution in [0.3, 0.4) is 0 Å². The second-order valence-corrected chi connectivity index (χ2v) is 7.21. The molecule has 1 amide bonds. The van der Waals surface area contributed by atoms with Crippen molar-refractivity contribution in [3.63, 3.8) is 0 Å². The Morgan fingerprint density at radius 1 is 1.38 bits per heavy atom. The third kappa shape index (κ3) is 2.77. The number of nitrogens with zero attached hydrogens (tertiary/aromatic N) is 1. The Hall–Kier alpha value is -1.20. The Bertz CT molecular complexity index is 568. The highest BCUT2D eigenvalue weighted by molar-refractivity contribution is 7.12. The molecule has 2 unspecified atom stereocenters. The molecular weight excluding hydrogens is 286 g/mol. The minimum absolute atomic E-state index is 0.000114. The Kier molecular flexibility index (Phi) is 3.88. The van der Waals surface area contributed by atoms with Crippen molar-refractivity contribution < 1.29 is 14.7 Å². The van der Waals surface area contributed by atoms with E-state index in [1.54, 1.807) is 11.4 Å². The molecule has 114 valence electrons. The van der Waals surface area contributed by atoms with Crippen molar-refractivity contribution in [2.24, 2.45) is 5.92 Å². The number of carbonyl (C=O) groups excluding carboxylic acids is 2. The summed E-state index contributed by atoms with van der Waals surface area (Å²) in [7, 11) is 0. The van der Waals surface area contributed by atoms with Gasteiger partial charge in [0.2, 0.25) is 0 Å². The summed E-state index contributed by atoms with van der Waals surface area (Å²) in [4.78, 5) is 26.4. The number of Topliss-reactive ketones (excluding diaryl/α,β-unsaturated/α-hetero) is 1. The van der Waals surface area contributed by atoms with E-state index in [0.29, 0.717) is 30.0 Å². The third-order valence-electron chi connectivity index (χ3n) is 4.93. The van der Waals surface area contributed by atoms with E-state index >= 15 is 0 Å². The summed E-state index contributed by atoms with van der Waals surface area (Å²) in [6.07, 6.45) is 4.78. The van der Waals surface area contributed by atoms with Crippen molar-refractivity contribution in [3.05, 3.63) is 21.9 Å². The van der Waals surface area contributed by atoms with E-state index in [2.05, 4.69) is 0 Å². The maximum atomic E-state index is 12.6. The Morgan fingerprint density at radius 3 is 2.90 bits per heavy atom. The summed E-state index contributed by atoms with van der Waals surface area (Å²) in [6.45, 7) is 2.77. The number of amides is 1. The molecule has 3 rings (SSSR count). The first-order valence-corrected chi connectivity index (χ1v) is 8.49. The maximum absolute atomic E-state index is 12.6. The highest BCUT2D eigenvalue weighted by atomic mass is 32.1. The van der Waals surface area contributed by atoms with Crippen LogP contribution in [0, 0.1) is 5.92 Å². The van der Waals surface area contributed by atoms with E-state index in [-0.39, 0.29) is 17.6 Å². The van der Waals surface area contributed by atoms with Crippen LogP contribution in [0.4, 0.5) is 0 Å². The lowest BCUT2D eigenvalue weighted by molar-refractivity contribution is -0.0885. The van der Waals surface area contributed by atoms with E-state index in [0.717, 1.165) is 25.7 Å². The highest BCUT2D eigenvalue weighted by Crippen LogP contribution is 2.40. The smallest absolute Gasteiger partial charge is 0.263 e. The van der Waals surface area contributed by atoms with Gasteiger partial charge in [-0.05, 0) is 32.3 Å². The summed E-state index contributed by atoms with van der Waals surface area (Å²) in [5.41, 5.74) is 0.0456. The Balaban J connectivity index is 1.72. The molecule has 1 aromatic heterocycles. The average molecular weight is 307 g/mol. The van der Waals surface area contributed by atoms with Gasteiger partial charge in [0.15, 0.2) is 5.78 Å². The molecular formula is C16H21NO3S. The summed E-state index contributed by atoms with van der Waals surface area (Å²) in [5.74, 6) is 0.196. The van der Waals surface area contributed by atoms with Crippen molar-refractivity contribution in [1.29, 1.82) is 0 Å². The van der Waals surface area contributed by atoms with Gasteiger partial charge < -0.3 is 10.0 Å². The summed E-state index contributed by atoms with van der Waals surface area (Å²) < 4.78 is 0. The molecule has 1 N–H and O–H groups in total. The van der Waals surface area contributed by atoms with Crippen LogP contribution in [0.1, 0.15) is 59.1 Å². The zero-order valence-electron chi connectivity index (χ0n) is 12.3. The van der Waals surface area contributed by atoms with Crippen LogP contribution >= 0.6 is 11.3 Å². The van der Waals surface area contributed by atoms with Gasteiger partial charge in [-0.15, -0.1) is 11.3 Å². The van der Waals surface area contributed by atoms with Crippen LogP contribution in [-0.4, -0.2) is 40.4 Å². The average Bonchev–Trinajstić information content (AvgIpc) is 2.95. The normalized spacial score (nSPS) is 29.0. The van der Waals surface area contributed by atoms with Gasteiger partial charge in [0.05, 0.1) is 10.5 Å². The number of ketones is 1. The quantitative estimate of drug-likeness (QED) is 0.855. The largest absolute Gasteiger partial charge is 0.389 e. The minimum Gasteiger partial charge on any atom is -0.389 e. The number of hydrogen-bond acceptors (Lipinski definition) is 4. The summed E-state index contributed by atoms with van der Waals surface area (Å²) in [6, 6.07) is 1.69. The number of rotatable bonds is 2.